The van der Waals surface area contributed by atoms with E-state index in [2.05, 4.69) is 35.9 Å². The molecule has 0 amide bonds. The van der Waals surface area contributed by atoms with Crippen molar-refractivity contribution in [1.82, 2.24) is 19.7 Å². The minimum absolute atomic E-state index is 0.484. The highest BCUT2D eigenvalue weighted by molar-refractivity contribution is 9.10. The lowest BCUT2D eigenvalue weighted by atomic mass is 9.90. The number of nitrogens with zero attached hydrogens (tertiary/aromatic N) is 5. The second kappa shape index (κ2) is 5.77. The standard InChI is InChI=1S/C15H20BrN5O/c1-20-14-12(13(16)19-20)15(18-9-17-14)21-6-4-10(5-7-21)11-3-2-8-22-11/h9-11H,2-8H2,1H3. The molecule has 6 nitrogen and oxygen atoms in total. The minimum atomic E-state index is 0.484. The van der Waals surface area contributed by atoms with E-state index in [4.69, 9.17) is 4.74 Å². The van der Waals surface area contributed by atoms with E-state index in [1.54, 1.807) is 11.0 Å². The smallest absolute Gasteiger partial charge is 0.164 e. The summed E-state index contributed by atoms with van der Waals surface area (Å²) in [5.41, 5.74) is 0.873. The van der Waals surface area contributed by atoms with Gasteiger partial charge in [-0.3, -0.25) is 0 Å². The van der Waals surface area contributed by atoms with Crippen molar-refractivity contribution in [3.8, 4) is 0 Å². The van der Waals surface area contributed by atoms with Crippen LogP contribution in [0.15, 0.2) is 10.9 Å². The lowest BCUT2D eigenvalue weighted by molar-refractivity contribution is 0.0531. The van der Waals surface area contributed by atoms with Crippen molar-refractivity contribution in [3.63, 3.8) is 0 Å². The van der Waals surface area contributed by atoms with Crippen LogP contribution >= 0.6 is 15.9 Å². The molecule has 0 N–H and O–H groups in total. The van der Waals surface area contributed by atoms with E-state index in [1.165, 1.54) is 25.7 Å². The Labute approximate surface area is 138 Å². The van der Waals surface area contributed by atoms with Crippen molar-refractivity contribution in [3.05, 3.63) is 10.9 Å². The first kappa shape index (κ1) is 14.4. The molecule has 0 saturated carbocycles. The minimum Gasteiger partial charge on any atom is -0.378 e. The Bertz CT molecular complexity index is 674. The zero-order valence-electron chi connectivity index (χ0n) is 12.7. The van der Waals surface area contributed by atoms with Crippen LogP contribution in [0.4, 0.5) is 5.82 Å². The van der Waals surface area contributed by atoms with Crippen LogP contribution in [0.25, 0.3) is 11.0 Å². The first-order chi connectivity index (χ1) is 10.7. The van der Waals surface area contributed by atoms with Gasteiger partial charge in [-0.15, -0.1) is 0 Å². The maximum atomic E-state index is 5.86. The van der Waals surface area contributed by atoms with Gasteiger partial charge in [-0.1, -0.05) is 0 Å². The van der Waals surface area contributed by atoms with E-state index < -0.39 is 0 Å². The molecule has 2 fully saturated rings. The number of halogens is 1. The molecule has 7 heteroatoms. The van der Waals surface area contributed by atoms with Gasteiger partial charge in [0.1, 0.15) is 16.7 Å². The topological polar surface area (TPSA) is 56.1 Å². The second-order valence-corrected chi connectivity index (χ2v) is 6.94. The van der Waals surface area contributed by atoms with Crippen LogP contribution in [0.5, 0.6) is 0 Å². The van der Waals surface area contributed by atoms with Crippen LogP contribution in [0.2, 0.25) is 0 Å². The molecule has 0 aromatic carbocycles. The van der Waals surface area contributed by atoms with Gasteiger partial charge in [0.2, 0.25) is 0 Å². The summed E-state index contributed by atoms with van der Waals surface area (Å²) in [6.07, 6.45) is 6.93. The molecule has 1 atom stereocenters. The van der Waals surface area contributed by atoms with Crippen LogP contribution in [0, 0.1) is 5.92 Å². The van der Waals surface area contributed by atoms with Crippen LogP contribution in [-0.4, -0.2) is 45.5 Å². The van der Waals surface area contributed by atoms with Crippen LogP contribution in [-0.2, 0) is 11.8 Å². The number of hydrogen-bond acceptors (Lipinski definition) is 5. The van der Waals surface area contributed by atoms with Gasteiger partial charge in [0, 0.05) is 26.7 Å². The SMILES string of the molecule is Cn1nc(Br)c2c(N3CCC(C4CCCO4)CC3)ncnc21. The quantitative estimate of drug-likeness (QED) is 0.818. The summed E-state index contributed by atoms with van der Waals surface area (Å²) in [4.78, 5) is 11.2. The number of piperidine rings is 1. The predicted octanol–water partition coefficient (Wildman–Crippen LogP) is 2.52. The summed E-state index contributed by atoms with van der Waals surface area (Å²) in [5, 5.41) is 5.42. The van der Waals surface area contributed by atoms with Crippen molar-refractivity contribution in [1.29, 1.82) is 0 Å². The molecule has 4 heterocycles. The molecule has 2 saturated heterocycles. The predicted molar refractivity (Wildman–Crippen MR) is 87.9 cm³/mol. The van der Waals surface area contributed by atoms with E-state index in [0.717, 1.165) is 41.2 Å². The highest BCUT2D eigenvalue weighted by Gasteiger charge is 2.30. The van der Waals surface area contributed by atoms with E-state index >= 15 is 0 Å². The summed E-state index contributed by atoms with van der Waals surface area (Å²) in [7, 11) is 1.91. The summed E-state index contributed by atoms with van der Waals surface area (Å²) >= 11 is 3.54. The number of aryl methyl sites for hydroxylation is 1. The molecule has 0 spiro atoms. The lowest BCUT2D eigenvalue weighted by Gasteiger charge is -2.35. The normalized spacial score (nSPS) is 23.5. The third-order valence-electron chi connectivity index (χ3n) is 4.89. The van der Waals surface area contributed by atoms with Crippen LogP contribution < -0.4 is 4.90 Å². The average Bonchev–Trinajstić information content (AvgIpc) is 3.17. The number of fused-ring (bicyclic) bond motifs is 1. The summed E-state index contributed by atoms with van der Waals surface area (Å²) in [5.74, 6) is 1.70. The van der Waals surface area contributed by atoms with Gasteiger partial charge in [0.25, 0.3) is 0 Å². The monoisotopic (exact) mass is 365 g/mol. The Kier molecular flexibility index (Phi) is 3.78. The molecule has 0 radical (unpaired) electrons. The van der Waals surface area contributed by atoms with Gasteiger partial charge >= 0.3 is 0 Å². The molecule has 2 aromatic rings. The Hall–Kier alpha value is -1.21. The largest absolute Gasteiger partial charge is 0.378 e. The summed E-state index contributed by atoms with van der Waals surface area (Å²) in [6.45, 7) is 3.00. The van der Waals surface area contributed by atoms with Crippen molar-refractivity contribution >= 4 is 32.8 Å². The van der Waals surface area contributed by atoms with Gasteiger partial charge in [-0.2, -0.15) is 5.10 Å². The zero-order valence-corrected chi connectivity index (χ0v) is 14.3. The van der Waals surface area contributed by atoms with E-state index in [-0.39, 0.29) is 0 Å². The van der Waals surface area contributed by atoms with Gasteiger partial charge < -0.3 is 9.64 Å². The Balaban J connectivity index is 1.56. The first-order valence-electron chi connectivity index (χ1n) is 7.94. The van der Waals surface area contributed by atoms with Crippen molar-refractivity contribution < 1.29 is 4.74 Å². The maximum Gasteiger partial charge on any atom is 0.164 e. The van der Waals surface area contributed by atoms with Gasteiger partial charge in [-0.25, -0.2) is 14.6 Å². The molecule has 0 aliphatic carbocycles. The average molecular weight is 366 g/mol. The van der Waals surface area contributed by atoms with E-state index in [0.29, 0.717) is 12.0 Å². The fraction of sp³-hybridized carbons (Fsp3) is 0.667. The number of ether oxygens (including phenoxy) is 1. The van der Waals surface area contributed by atoms with Crippen molar-refractivity contribution in [2.75, 3.05) is 24.6 Å². The van der Waals surface area contributed by atoms with Crippen molar-refractivity contribution in [2.24, 2.45) is 13.0 Å². The molecule has 2 aliphatic heterocycles. The molecule has 4 rings (SSSR count). The molecule has 1 unspecified atom stereocenters. The molecular formula is C15H20BrN5O. The number of anilines is 1. The van der Waals surface area contributed by atoms with E-state index in [9.17, 15) is 0 Å². The highest BCUT2D eigenvalue weighted by atomic mass is 79.9. The second-order valence-electron chi connectivity index (χ2n) is 6.19. The van der Waals surface area contributed by atoms with E-state index in [1.807, 2.05) is 7.05 Å². The highest BCUT2D eigenvalue weighted by Crippen LogP contribution is 2.34. The molecule has 0 bridgehead atoms. The Morgan fingerprint density at radius 2 is 2.05 bits per heavy atom. The zero-order chi connectivity index (χ0) is 15.1. The maximum absolute atomic E-state index is 5.86. The molecule has 2 aromatic heterocycles. The number of hydrogen-bond donors (Lipinski definition) is 0. The van der Waals surface area contributed by atoms with Crippen LogP contribution in [0.1, 0.15) is 25.7 Å². The van der Waals surface area contributed by atoms with Gasteiger partial charge in [-0.05, 0) is 47.5 Å². The molecule has 22 heavy (non-hydrogen) atoms. The fourth-order valence-corrected chi connectivity index (χ4v) is 4.32. The lowest BCUT2D eigenvalue weighted by Crippen LogP contribution is -2.38. The Morgan fingerprint density at radius 1 is 1.23 bits per heavy atom. The third-order valence-corrected chi connectivity index (χ3v) is 5.44. The first-order valence-corrected chi connectivity index (χ1v) is 8.73. The van der Waals surface area contributed by atoms with Crippen LogP contribution in [0.3, 0.4) is 0 Å². The molecular weight excluding hydrogens is 346 g/mol. The van der Waals surface area contributed by atoms with Gasteiger partial charge in [0.05, 0.1) is 11.5 Å². The molecule has 118 valence electrons. The fourth-order valence-electron chi connectivity index (χ4n) is 3.72. The number of aromatic nitrogens is 4. The van der Waals surface area contributed by atoms with Gasteiger partial charge in [0.15, 0.2) is 5.65 Å². The third kappa shape index (κ3) is 2.40. The molecule has 2 aliphatic rings. The summed E-state index contributed by atoms with van der Waals surface area (Å²) in [6, 6.07) is 0. The number of rotatable bonds is 2. The Morgan fingerprint density at radius 3 is 2.77 bits per heavy atom. The van der Waals surface area contributed by atoms with Crippen molar-refractivity contribution in [2.45, 2.75) is 31.8 Å². The summed E-state index contributed by atoms with van der Waals surface area (Å²) < 4.78 is 8.48.